The number of benzene rings is 1. The largest absolute Gasteiger partial charge is 0.480 e. The van der Waals surface area contributed by atoms with Crippen LogP contribution >= 0.6 is 11.8 Å². The Balaban J connectivity index is 2.62. The van der Waals surface area contributed by atoms with Crippen molar-refractivity contribution in [3.63, 3.8) is 0 Å². The van der Waals surface area contributed by atoms with E-state index in [9.17, 15) is 18.4 Å². The van der Waals surface area contributed by atoms with Gasteiger partial charge in [0.2, 0.25) is 5.91 Å². The Morgan fingerprint density at radius 1 is 1.35 bits per heavy atom. The smallest absolute Gasteiger partial charge is 0.323 e. The van der Waals surface area contributed by atoms with Gasteiger partial charge in [0.15, 0.2) is 11.6 Å². The molecule has 0 radical (unpaired) electrons. The standard InChI is InChI=1S/C13H11F2NO3S/c1-2-5-16(7-13(18)19)12(17)8-20-9-3-4-10(14)11(15)6-9/h1,3-4,6H,5,7-8H2,(H,18,19). The molecule has 1 rings (SSSR count). The average Bonchev–Trinajstić information content (AvgIpc) is 2.39. The van der Waals surface area contributed by atoms with Crippen molar-refractivity contribution >= 4 is 23.6 Å². The lowest BCUT2D eigenvalue weighted by atomic mass is 10.3. The third-order valence-corrected chi connectivity index (χ3v) is 3.19. The second-order valence-corrected chi connectivity index (χ2v) is 4.76. The Kier molecular flexibility index (Phi) is 6.00. The van der Waals surface area contributed by atoms with Gasteiger partial charge in [-0.2, -0.15) is 0 Å². The molecule has 0 aliphatic heterocycles. The van der Waals surface area contributed by atoms with E-state index in [1.54, 1.807) is 0 Å². The van der Waals surface area contributed by atoms with Crippen LogP contribution in [-0.4, -0.2) is 40.7 Å². The Hall–Kier alpha value is -2.07. The second-order valence-electron chi connectivity index (χ2n) is 3.71. The van der Waals surface area contributed by atoms with Crippen LogP contribution in [0.5, 0.6) is 0 Å². The zero-order valence-corrected chi connectivity index (χ0v) is 11.1. The molecule has 0 aromatic heterocycles. The number of terminal acetylenes is 1. The van der Waals surface area contributed by atoms with E-state index < -0.39 is 30.1 Å². The highest BCUT2D eigenvalue weighted by atomic mass is 32.2. The minimum Gasteiger partial charge on any atom is -0.480 e. The first-order valence-electron chi connectivity index (χ1n) is 5.45. The number of amides is 1. The number of rotatable bonds is 6. The summed E-state index contributed by atoms with van der Waals surface area (Å²) < 4.78 is 25.7. The van der Waals surface area contributed by atoms with Gasteiger partial charge in [0.25, 0.3) is 0 Å². The summed E-state index contributed by atoms with van der Waals surface area (Å²) in [5, 5.41) is 8.65. The number of thioether (sulfide) groups is 1. The van der Waals surface area contributed by atoms with Crippen molar-refractivity contribution in [1.82, 2.24) is 4.90 Å². The number of hydrogen-bond donors (Lipinski definition) is 1. The van der Waals surface area contributed by atoms with Gasteiger partial charge < -0.3 is 10.0 Å². The molecule has 0 fully saturated rings. The van der Waals surface area contributed by atoms with Crippen LogP contribution in [0.15, 0.2) is 23.1 Å². The van der Waals surface area contributed by atoms with Crippen LogP contribution in [0.1, 0.15) is 0 Å². The molecule has 0 heterocycles. The van der Waals surface area contributed by atoms with E-state index in [-0.39, 0.29) is 12.3 Å². The summed E-state index contributed by atoms with van der Waals surface area (Å²) in [6, 6.07) is 3.26. The summed E-state index contributed by atoms with van der Waals surface area (Å²) in [6.07, 6.45) is 5.05. The van der Waals surface area contributed by atoms with Gasteiger partial charge in [0, 0.05) is 4.90 Å². The molecule has 20 heavy (non-hydrogen) atoms. The Morgan fingerprint density at radius 3 is 2.60 bits per heavy atom. The number of carboxylic acids is 1. The predicted octanol–water partition coefficient (Wildman–Crippen LogP) is 1.60. The van der Waals surface area contributed by atoms with E-state index in [0.717, 1.165) is 28.8 Å². The molecule has 7 heteroatoms. The van der Waals surface area contributed by atoms with Crippen molar-refractivity contribution in [3.05, 3.63) is 29.8 Å². The normalized spacial score (nSPS) is 9.85. The summed E-state index contributed by atoms with van der Waals surface area (Å²) in [5.74, 6) is -1.56. The van der Waals surface area contributed by atoms with Gasteiger partial charge in [-0.1, -0.05) is 5.92 Å². The lowest BCUT2D eigenvalue weighted by molar-refractivity contribution is -0.143. The van der Waals surface area contributed by atoms with E-state index in [2.05, 4.69) is 5.92 Å². The second kappa shape index (κ2) is 7.50. The molecule has 1 aromatic rings. The van der Waals surface area contributed by atoms with E-state index >= 15 is 0 Å². The maximum absolute atomic E-state index is 13.0. The first kappa shape index (κ1) is 16.0. The summed E-state index contributed by atoms with van der Waals surface area (Å²) in [4.78, 5) is 23.7. The van der Waals surface area contributed by atoms with Gasteiger partial charge >= 0.3 is 5.97 Å². The lowest BCUT2D eigenvalue weighted by Gasteiger charge is -2.17. The first-order valence-corrected chi connectivity index (χ1v) is 6.43. The van der Waals surface area contributed by atoms with Crippen molar-refractivity contribution in [2.45, 2.75) is 4.90 Å². The monoisotopic (exact) mass is 299 g/mol. The van der Waals surface area contributed by atoms with Gasteiger partial charge in [-0.05, 0) is 18.2 Å². The molecule has 0 aliphatic carbocycles. The van der Waals surface area contributed by atoms with Crippen molar-refractivity contribution in [2.24, 2.45) is 0 Å². The molecule has 0 saturated carbocycles. The quantitative estimate of drug-likeness (QED) is 0.640. The molecule has 106 valence electrons. The number of hydrogen-bond acceptors (Lipinski definition) is 3. The summed E-state index contributed by atoms with van der Waals surface area (Å²) in [5.41, 5.74) is 0. The van der Waals surface area contributed by atoms with E-state index in [1.165, 1.54) is 6.07 Å². The van der Waals surface area contributed by atoms with Crippen LogP contribution in [-0.2, 0) is 9.59 Å². The third kappa shape index (κ3) is 4.90. The van der Waals surface area contributed by atoms with Crippen molar-refractivity contribution < 1.29 is 23.5 Å². The highest BCUT2D eigenvalue weighted by Crippen LogP contribution is 2.20. The summed E-state index contributed by atoms with van der Waals surface area (Å²) >= 11 is 0.973. The van der Waals surface area contributed by atoms with Crippen LogP contribution in [0.3, 0.4) is 0 Å². The first-order chi connectivity index (χ1) is 9.43. The molecule has 1 amide bonds. The fraction of sp³-hybridized carbons (Fsp3) is 0.231. The molecule has 1 N–H and O–H groups in total. The third-order valence-electron chi connectivity index (χ3n) is 2.21. The average molecular weight is 299 g/mol. The fourth-order valence-corrected chi connectivity index (χ4v) is 2.13. The molecule has 1 aromatic carbocycles. The molecular weight excluding hydrogens is 288 g/mol. The molecule has 0 unspecified atom stereocenters. The van der Waals surface area contributed by atoms with Gasteiger partial charge in [-0.25, -0.2) is 8.78 Å². The maximum atomic E-state index is 13.0. The van der Waals surface area contributed by atoms with Crippen LogP contribution in [0.2, 0.25) is 0 Å². The van der Waals surface area contributed by atoms with Crippen molar-refractivity contribution in [1.29, 1.82) is 0 Å². The number of carbonyl (C=O) groups excluding carboxylic acids is 1. The Bertz CT molecular complexity index is 557. The van der Waals surface area contributed by atoms with Crippen molar-refractivity contribution in [2.75, 3.05) is 18.8 Å². The highest BCUT2D eigenvalue weighted by Gasteiger charge is 2.16. The van der Waals surface area contributed by atoms with Gasteiger partial charge in [0.1, 0.15) is 6.54 Å². The predicted molar refractivity (Wildman–Crippen MR) is 70.1 cm³/mol. The maximum Gasteiger partial charge on any atom is 0.323 e. The molecule has 0 aliphatic rings. The number of nitrogens with zero attached hydrogens (tertiary/aromatic N) is 1. The molecule has 0 atom stereocenters. The van der Waals surface area contributed by atoms with Crippen LogP contribution in [0.4, 0.5) is 8.78 Å². The van der Waals surface area contributed by atoms with E-state index in [4.69, 9.17) is 11.5 Å². The minimum atomic E-state index is -1.17. The van der Waals surface area contributed by atoms with Crippen LogP contribution in [0.25, 0.3) is 0 Å². The van der Waals surface area contributed by atoms with Crippen LogP contribution in [0, 0.1) is 24.0 Å². The van der Waals surface area contributed by atoms with Gasteiger partial charge in [0.05, 0.1) is 12.3 Å². The fourth-order valence-electron chi connectivity index (χ4n) is 1.31. The molecule has 0 bridgehead atoms. The topological polar surface area (TPSA) is 57.6 Å². The van der Waals surface area contributed by atoms with Crippen LogP contribution < -0.4 is 0 Å². The zero-order valence-electron chi connectivity index (χ0n) is 10.3. The zero-order chi connectivity index (χ0) is 15.1. The molecule has 0 spiro atoms. The summed E-state index contributed by atoms with van der Waals surface area (Å²) in [7, 11) is 0. The summed E-state index contributed by atoms with van der Waals surface area (Å²) in [6.45, 7) is -0.620. The Labute approximate surface area is 118 Å². The molecule has 4 nitrogen and oxygen atoms in total. The van der Waals surface area contributed by atoms with Gasteiger partial charge in [-0.3, -0.25) is 9.59 Å². The highest BCUT2D eigenvalue weighted by molar-refractivity contribution is 8.00. The number of aliphatic carboxylic acids is 1. The number of halogens is 2. The van der Waals surface area contributed by atoms with E-state index in [1.807, 2.05) is 0 Å². The minimum absolute atomic E-state index is 0.111. The molecule has 0 saturated heterocycles. The SMILES string of the molecule is C#CCN(CC(=O)O)C(=O)CSc1ccc(F)c(F)c1. The van der Waals surface area contributed by atoms with E-state index in [0.29, 0.717) is 4.90 Å². The van der Waals surface area contributed by atoms with Gasteiger partial charge in [-0.15, -0.1) is 18.2 Å². The van der Waals surface area contributed by atoms with Crippen molar-refractivity contribution in [3.8, 4) is 12.3 Å². The lowest BCUT2D eigenvalue weighted by Crippen LogP contribution is -2.37. The number of carboxylic acid groups (broad SMARTS) is 1. The molecular formula is C13H11F2NO3S. The number of carbonyl (C=O) groups is 2. The Morgan fingerprint density at radius 2 is 2.05 bits per heavy atom.